The van der Waals surface area contributed by atoms with Gasteiger partial charge in [0.05, 0.1) is 12.1 Å². The Morgan fingerprint density at radius 1 is 0.875 bits per heavy atom. The van der Waals surface area contributed by atoms with Crippen molar-refractivity contribution in [3.63, 3.8) is 0 Å². The Morgan fingerprint density at radius 3 is 1.50 bits per heavy atom. The van der Waals surface area contributed by atoms with Gasteiger partial charge in [-0.15, -0.1) is 0 Å². The summed E-state index contributed by atoms with van der Waals surface area (Å²) in [5.74, 6) is 0.534. The van der Waals surface area contributed by atoms with Gasteiger partial charge in [0.15, 0.2) is 0 Å². The van der Waals surface area contributed by atoms with Gasteiger partial charge < -0.3 is 0 Å². The summed E-state index contributed by atoms with van der Waals surface area (Å²) in [6.45, 7) is 6.70. The first-order valence-corrected chi connectivity index (χ1v) is 6.44. The van der Waals surface area contributed by atoms with Crippen molar-refractivity contribution in [1.29, 1.82) is 10.5 Å². The fourth-order valence-corrected chi connectivity index (χ4v) is 2.85. The van der Waals surface area contributed by atoms with Crippen molar-refractivity contribution < 1.29 is 0 Å². The van der Waals surface area contributed by atoms with Gasteiger partial charge in [0, 0.05) is 12.8 Å². The fourth-order valence-electron chi connectivity index (χ4n) is 2.85. The number of hydrogen-bond donors (Lipinski definition) is 0. The summed E-state index contributed by atoms with van der Waals surface area (Å²) >= 11 is 0. The van der Waals surface area contributed by atoms with E-state index in [9.17, 15) is 0 Å². The lowest BCUT2D eigenvalue weighted by Crippen LogP contribution is -2.29. The second-order valence-corrected chi connectivity index (χ2v) is 4.51. The molecule has 90 valence electrons. The van der Waals surface area contributed by atoms with Crippen molar-refractivity contribution in [3.05, 3.63) is 0 Å². The van der Waals surface area contributed by atoms with Crippen LogP contribution >= 0.6 is 0 Å². The first-order valence-electron chi connectivity index (χ1n) is 6.44. The molecule has 0 fully saturated rings. The molecule has 0 aromatic rings. The third-order valence-electron chi connectivity index (χ3n) is 4.19. The van der Waals surface area contributed by atoms with E-state index >= 15 is 0 Å². The Morgan fingerprint density at radius 2 is 1.25 bits per heavy atom. The molecule has 0 spiro atoms. The molecule has 2 nitrogen and oxygen atoms in total. The molecule has 0 radical (unpaired) electrons. The third-order valence-corrected chi connectivity index (χ3v) is 4.19. The first-order chi connectivity index (χ1) is 7.70. The van der Waals surface area contributed by atoms with E-state index in [1.54, 1.807) is 0 Å². The van der Waals surface area contributed by atoms with Gasteiger partial charge in [-0.2, -0.15) is 10.5 Å². The molecular formula is C14H24N2. The highest BCUT2D eigenvalue weighted by atomic mass is 14.4. The molecule has 0 aliphatic heterocycles. The van der Waals surface area contributed by atoms with E-state index in [1.165, 1.54) is 0 Å². The Hall–Kier alpha value is -1.02. The molecule has 0 aromatic carbocycles. The Bertz CT molecular complexity index is 227. The van der Waals surface area contributed by atoms with Crippen LogP contribution in [-0.4, -0.2) is 0 Å². The largest absolute Gasteiger partial charge is 0.198 e. The fraction of sp³-hybridized carbons (Fsp3) is 0.857. The van der Waals surface area contributed by atoms with Crippen LogP contribution in [0, 0.1) is 34.0 Å². The summed E-state index contributed by atoms with van der Waals surface area (Å²) in [5.41, 5.74) is 0.341. The van der Waals surface area contributed by atoms with Crippen LogP contribution in [0.25, 0.3) is 0 Å². The van der Waals surface area contributed by atoms with E-state index in [-0.39, 0.29) is 0 Å². The van der Waals surface area contributed by atoms with Crippen LogP contribution < -0.4 is 0 Å². The molecule has 0 aliphatic rings. The lowest BCUT2D eigenvalue weighted by atomic mass is 9.66. The maximum atomic E-state index is 8.71. The molecule has 0 rings (SSSR count). The second kappa shape index (κ2) is 8.17. The topological polar surface area (TPSA) is 47.6 Å². The molecule has 0 aromatic heterocycles. The molecule has 0 saturated carbocycles. The van der Waals surface area contributed by atoms with Gasteiger partial charge in [0.25, 0.3) is 0 Å². The molecule has 0 heterocycles. The van der Waals surface area contributed by atoms with Crippen molar-refractivity contribution >= 4 is 0 Å². The predicted molar refractivity (Wildman–Crippen MR) is 66.5 cm³/mol. The van der Waals surface area contributed by atoms with Gasteiger partial charge in [-0.3, -0.25) is 0 Å². The smallest absolute Gasteiger partial charge is 0.0621 e. The van der Waals surface area contributed by atoms with Gasteiger partial charge in [0.2, 0.25) is 0 Å². The Kier molecular flexibility index (Phi) is 7.65. The summed E-state index contributed by atoms with van der Waals surface area (Å²) in [6, 6.07) is 4.47. The number of rotatable bonds is 8. The first kappa shape index (κ1) is 15.0. The lowest BCUT2D eigenvalue weighted by Gasteiger charge is -2.39. The standard InChI is InChI=1S/C14H24N2/c1-4-14(5-2,6-3)13(9-7-11-15)10-8-12-16/h13H,4-10H2,1-3H3. The van der Waals surface area contributed by atoms with Crippen LogP contribution in [0.2, 0.25) is 0 Å². The summed E-state index contributed by atoms with van der Waals surface area (Å²) in [7, 11) is 0. The summed E-state index contributed by atoms with van der Waals surface area (Å²) < 4.78 is 0. The van der Waals surface area contributed by atoms with Crippen LogP contribution in [0.1, 0.15) is 65.7 Å². The van der Waals surface area contributed by atoms with Crippen LogP contribution in [0.3, 0.4) is 0 Å². The summed E-state index contributed by atoms with van der Waals surface area (Å²) in [5, 5.41) is 17.4. The molecule has 0 amide bonds. The molecule has 0 aliphatic carbocycles. The van der Waals surface area contributed by atoms with Crippen molar-refractivity contribution in [3.8, 4) is 12.1 Å². The van der Waals surface area contributed by atoms with Crippen molar-refractivity contribution in [1.82, 2.24) is 0 Å². The molecule has 0 N–H and O–H groups in total. The highest BCUT2D eigenvalue weighted by Crippen LogP contribution is 2.43. The van der Waals surface area contributed by atoms with E-state index in [4.69, 9.17) is 10.5 Å². The molecule has 0 unspecified atom stereocenters. The molecule has 16 heavy (non-hydrogen) atoms. The van der Waals surface area contributed by atoms with Crippen LogP contribution in [-0.2, 0) is 0 Å². The monoisotopic (exact) mass is 220 g/mol. The van der Waals surface area contributed by atoms with Gasteiger partial charge >= 0.3 is 0 Å². The Balaban J connectivity index is 4.68. The zero-order valence-electron chi connectivity index (χ0n) is 10.9. The minimum Gasteiger partial charge on any atom is -0.198 e. The average molecular weight is 220 g/mol. The van der Waals surface area contributed by atoms with Gasteiger partial charge in [-0.1, -0.05) is 40.0 Å². The maximum absolute atomic E-state index is 8.71. The van der Waals surface area contributed by atoms with E-state index in [1.807, 2.05) is 0 Å². The zero-order chi connectivity index (χ0) is 12.4. The van der Waals surface area contributed by atoms with Crippen molar-refractivity contribution in [2.45, 2.75) is 65.7 Å². The highest BCUT2D eigenvalue weighted by Gasteiger charge is 2.32. The predicted octanol–water partition coefficient (Wildman–Crippen LogP) is 4.43. The second-order valence-electron chi connectivity index (χ2n) is 4.51. The lowest BCUT2D eigenvalue weighted by molar-refractivity contribution is 0.119. The van der Waals surface area contributed by atoms with E-state index in [2.05, 4.69) is 32.9 Å². The van der Waals surface area contributed by atoms with Crippen molar-refractivity contribution in [2.24, 2.45) is 11.3 Å². The van der Waals surface area contributed by atoms with Crippen LogP contribution in [0.15, 0.2) is 0 Å². The van der Waals surface area contributed by atoms with Crippen LogP contribution in [0.4, 0.5) is 0 Å². The summed E-state index contributed by atoms with van der Waals surface area (Å²) in [6.07, 6.45) is 6.61. The maximum Gasteiger partial charge on any atom is 0.0621 e. The van der Waals surface area contributed by atoms with Gasteiger partial charge in [-0.05, 0) is 24.2 Å². The summed E-state index contributed by atoms with van der Waals surface area (Å²) in [4.78, 5) is 0. The third kappa shape index (κ3) is 3.86. The van der Waals surface area contributed by atoms with Gasteiger partial charge in [-0.25, -0.2) is 0 Å². The minimum absolute atomic E-state index is 0.341. The van der Waals surface area contributed by atoms with Crippen LogP contribution in [0.5, 0.6) is 0 Å². The number of nitrogens with zero attached hydrogens (tertiary/aromatic N) is 2. The number of hydrogen-bond acceptors (Lipinski definition) is 2. The highest BCUT2D eigenvalue weighted by molar-refractivity contribution is 4.87. The Labute approximate surface area is 100 Å². The van der Waals surface area contributed by atoms with Crippen molar-refractivity contribution in [2.75, 3.05) is 0 Å². The molecular weight excluding hydrogens is 196 g/mol. The normalized spacial score (nSPS) is 11.1. The van der Waals surface area contributed by atoms with E-state index in [0.717, 1.165) is 32.1 Å². The van der Waals surface area contributed by atoms with E-state index < -0.39 is 0 Å². The SMILES string of the molecule is CCC(CC)(CC)C(CCC#N)CCC#N. The quantitative estimate of drug-likeness (QED) is 0.607. The minimum atomic E-state index is 0.341. The molecule has 0 atom stereocenters. The molecule has 0 bridgehead atoms. The number of nitriles is 2. The zero-order valence-corrected chi connectivity index (χ0v) is 10.9. The molecule has 0 saturated heterocycles. The molecule has 2 heteroatoms. The van der Waals surface area contributed by atoms with E-state index in [0.29, 0.717) is 24.2 Å². The average Bonchev–Trinajstić information content (AvgIpc) is 2.34. The van der Waals surface area contributed by atoms with Gasteiger partial charge in [0.1, 0.15) is 0 Å².